The van der Waals surface area contributed by atoms with E-state index in [9.17, 15) is 0 Å². The van der Waals surface area contributed by atoms with Gasteiger partial charge in [0.2, 0.25) is 0 Å². The van der Waals surface area contributed by atoms with Crippen LogP contribution in [-0.4, -0.2) is 18.0 Å². The molecule has 14 heavy (non-hydrogen) atoms. The number of nitrogens with zero attached hydrogens (tertiary/aromatic N) is 1. The summed E-state index contributed by atoms with van der Waals surface area (Å²) >= 11 is 0. The van der Waals surface area contributed by atoms with Gasteiger partial charge in [-0.3, -0.25) is 0 Å². The van der Waals surface area contributed by atoms with Crippen LogP contribution in [0.4, 0.5) is 0 Å². The number of nitrogens with two attached hydrogens (primary N) is 1. The van der Waals surface area contributed by atoms with Gasteiger partial charge in [0.05, 0.1) is 6.04 Å². The van der Waals surface area contributed by atoms with Crippen molar-refractivity contribution >= 4 is 5.96 Å². The van der Waals surface area contributed by atoms with Crippen LogP contribution in [0.25, 0.3) is 0 Å². The van der Waals surface area contributed by atoms with Crippen LogP contribution in [0.1, 0.15) is 46.0 Å². The second-order valence-electron chi connectivity index (χ2n) is 5.10. The van der Waals surface area contributed by atoms with Crippen molar-refractivity contribution in [2.24, 2.45) is 16.1 Å². The third-order valence-corrected chi connectivity index (χ3v) is 3.48. The van der Waals surface area contributed by atoms with Gasteiger partial charge >= 0.3 is 0 Å². The van der Waals surface area contributed by atoms with Gasteiger partial charge in [-0.1, -0.05) is 12.8 Å². The molecule has 0 aliphatic heterocycles. The molecule has 80 valence electrons. The predicted octanol–water partition coefficient (Wildman–Crippen LogP) is 1.63. The molecule has 2 saturated carbocycles. The second-order valence-corrected chi connectivity index (χ2v) is 5.10. The summed E-state index contributed by atoms with van der Waals surface area (Å²) in [6.45, 7) is 4.17. The molecule has 0 bridgehead atoms. The van der Waals surface area contributed by atoms with Crippen LogP contribution < -0.4 is 11.1 Å². The molecular weight excluding hydrogens is 174 g/mol. The predicted molar refractivity (Wildman–Crippen MR) is 59.2 cm³/mol. The SMILES string of the molecule is CC(C)NC(N)=NC1CC12CCCC2. The van der Waals surface area contributed by atoms with E-state index < -0.39 is 0 Å². The first-order chi connectivity index (χ1) is 6.62. The molecule has 0 heterocycles. The molecule has 0 saturated heterocycles. The summed E-state index contributed by atoms with van der Waals surface area (Å²) < 4.78 is 0. The van der Waals surface area contributed by atoms with Gasteiger partial charge in [0.15, 0.2) is 5.96 Å². The molecule has 2 rings (SSSR count). The first-order valence-corrected chi connectivity index (χ1v) is 5.72. The largest absolute Gasteiger partial charge is 0.370 e. The highest BCUT2D eigenvalue weighted by Crippen LogP contribution is 2.59. The van der Waals surface area contributed by atoms with E-state index in [4.69, 9.17) is 5.73 Å². The maximum atomic E-state index is 5.81. The van der Waals surface area contributed by atoms with Crippen molar-refractivity contribution in [2.45, 2.75) is 58.0 Å². The molecule has 1 spiro atoms. The number of hydrogen-bond acceptors (Lipinski definition) is 1. The molecule has 1 unspecified atom stereocenters. The molecule has 0 amide bonds. The highest BCUT2D eigenvalue weighted by molar-refractivity contribution is 5.78. The fourth-order valence-corrected chi connectivity index (χ4v) is 2.63. The summed E-state index contributed by atoms with van der Waals surface area (Å²) in [5.41, 5.74) is 6.38. The third-order valence-electron chi connectivity index (χ3n) is 3.48. The van der Waals surface area contributed by atoms with Crippen LogP contribution in [0.2, 0.25) is 0 Å². The molecule has 3 nitrogen and oxygen atoms in total. The molecule has 0 aromatic rings. The molecular formula is C11H21N3. The van der Waals surface area contributed by atoms with Crippen LogP contribution >= 0.6 is 0 Å². The average Bonchev–Trinajstić information content (AvgIpc) is 2.56. The number of guanidine groups is 1. The third kappa shape index (κ3) is 1.86. The van der Waals surface area contributed by atoms with Crippen LogP contribution in [0, 0.1) is 5.41 Å². The summed E-state index contributed by atoms with van der Waals surface area (Å²) in [5.74, 6) is 0.633. The first kappa shape index (κ1) is 9.81. The van der Waals surface area contributed by atoms with Gasteiger partial charge in [0, 0.05) is 6.04 Å². The zero-order valence-corrected chi connectivity index (χ0v) is 9.21. The van der Waals surface area contributed by atoms with Crippen molar-refractivity contribution in [3.05, 3.63) is 0 Å². The van der Waals surface area contributed by atoms with E-state index in [2.05, 4.69) is 24.2 Å². The average molecular weight is 195 g/mol. The van der Waals surface area contributed by atoms with Crippen LogP contribution in [-0.2, 0) is 0 Å². The standard InChI is InChI=1S/C11H21N3/c1-8(2)13-10(12)14-9-7-11(9)5-3-4-6-11/h8-9H,3-7H2,1-2H3,(H3,12,13,14). The Labute approximate surface area is 86.2 Å². The Morgan fingerprint density at radius 1 is 1.43 bits per heavy atom. The second kappa shape index (κ2) is 3.44. The van der Waals surface area contributed by atoms with Crippen molar-refractivity contribution in [3.8, 4) is 0 Å². The van der Waals surface area contributed by atoms with Gasteiger partial charge in [0.1, 0.15) is 0 Å². The molecule has 0 radical (unpaired) electrons. The lowest BCUT2D eigenvalue weighted by Gasteiger charge is -2.09. The Hall–Kier alpha value is -0.730. The lowest BCUT2D eigenvalue weighted by molar-refractivity contribution is 0.510. The fraction of sp³-hybridized carbons (Fsp3) is 0.909. The van der Waals surface area contributed by atoms with Crippen molar-refractivity contribution in [3.63, 3.8) is 0 Å². The van der Waals surface area contributed by atoms with Crippen molar-refractivity contribution in [2.75, 3.05) is 0 Å². The van der Waals surface area contributed by atoms with E-state index in [1.807, 2.05) is 0 Å². The minimum Gasteiger partial charge on any atom is -0.370 e. The van der Waals surface area contributed by atoms with Gasteiger partial charge in [-0.25, -0.2) is 4.99 Å². The molecule has 3 N–H and O–H groups in total. The number of hydrogen-bond donors (Lipinski definition) is 2. The van der Waals surface area contributed by atoms with Gasteiger partial charge in [-0.05, 0) is 38.5 Å². The lowest BCUT2D eigenvalue weighted by Crippen LogP contribution is -2.37. The minimum absolute atomic E-state index is 0.386. The minimum atomic E-state index is 0.386. The zero-order chi connectivity index (χ0) is 10.2. The number of aliphatic imine (C=N–C) groups is 1. The summed E-state index contributed by atoms with van der Waals surface area (Å²) in [5, 5.41) is 3.15. The van der Waals surface area contributed by atoms with E-state index in [1.165, 1.54) is 32.1 Å². The normalized spacial score (nSPS) is 29.9. The highest BCUT2D eigenvalue weighted by atomic mass is 15.1. The first-order valence-electron chi connectivity index (χ1n) is 5.72. The van der Waals surface area contributed by atoms with E-state index in [-0.39, 0.29) is 0 Å². The molecule has 2 aliphatic carbocycles. The van der Waals surface area contributed by atoms with Crippen LogP contribution in [0.15, 0.2) is 4.99 Å². The van der Waals surface area contributed by atoms with Crippen molar-refractivity contribution < 1.29 is 0 Å². The quantitative estimate of drug-likeness (QED) is 0.520. The van der Waals surface area contributed by atoms with Gasteiger partial charge < -0.3 is 11.1 Å². The van der Waals surface area contributed by atoms with Gasteiger partial charge in [-0.15, -0.1) is 0 Å². The monoisotopic (exact) mass is 195 g/mol. The summed E-state index contributed by atoms with van der Waals surface area (Å²) in [7, 11) is 0. The smallest absolute Gasteiger partial charge is 0.189 e. The summed E-state index contributed by atoms with van der Waals surface area (Å²) in [6, 6.07) is 0.910. The lowest BCUT2D eigenvalue weighted by atomic mass is 10.1. The Balaban J connectivity index is 1.87. The molecule has 2 aliphatic rings. The van der Waals surface area contributed by atoms with Gasteiger partial charge in [-0.2, -0.15) is 0 Å². The van der Waals surface area contributed by atoms with E-state index >= 15 is 0 Å². The Morgan fingerprint density at radius 3 is 2.64 bits per heavy atom. The van der Waals surface area contributed by atoms with Gasteiger partial charge in [0.25, 0.3) is 0 Å². The number of rotatable bonds is 2. The topological polar surface area (TPSA) is 50.4 Å². The van der Waals surface area contributed by atoms with E-state index in [0.717, 1.165) is 0 Å². The molecule has 1 atom stereocenters. The summed E-state index contributed by atoms with van der Waals surface area (Å²) in [4.78, 5) is 4.55. The van der Waals surface area contributed by atoms with E-state index in [0.29, 0.717) is 23.5 Å². The Morgan fingerprint density at radius 2 is 2.07 bits per heavy atom. The Bertz CT molecular complexity index is 239. The van der Waals surface area contributed by atoms with Crippen LogP contribution in [0.5, 0.6) is 0 Å². The zero-order valence-electron chi connectivity index (χ0n) is 9.21. The molecule has 2 fully saturated rings. The fourth-order valence-electron chi connectivity index (χ4n) is 2.63. The maximum absolute atomic E-state index is 5.81. The highest BCUT2D eigenvalue weighted by Gasteiger charge is 2.55. The number of nitrogens with one attached hydrogen (secondary N) is 1. The molecule has 0 aromatic heterocycles. The van der Waals surface area contributed by atoms with E-state index in [1.54, 1.807) is 0 Å². The summed E-state index contributed by atoms with van der Waals surface area (Å²) in [6.07, 6.45) is 6.80. The van der Waals surface area contributed by atoms with Crippen molar-refractivity contribution in [1.82, 2.24) is 5.32 Å². The maximum Gasteiger partial charge on any atom is 0.189 e. The van der Waals surface area contributed by atoms with Crippen molar-refractivity contribution in [1.29, 1.82) is 0 Å². The Kier molecular flexibility index (Phi) is 2.41. The molecule has 0 aromatic carbocycles. The molecule has 3 heteroatoms. The van der Waals surface area contributed by atoms with Crippen LogP contribution in [0.3, 0.4) is 0 Å².